The molecule has 2 aromatic rings. The van der Waals surface area contributed by atoms with Crippen molar-refractivity contribution in [2.24, 2.45) is 0 Å². The average Bonchev–Trinajstić information content (AvgIpc) is 2.40. The Kier molecular flexibility index (Phi) is 4.55. The largest absolute Gasteiger partial charge is 0.497 e. The third kappa shape index (κ3) is 3.43. The van der Waals surface area contributed by atoms with E-state index in [9.17, 15) is 0 Å². The van der Waals surface area contributed by atoms with Gasteiger partial charge in [-0.1, -0.05) is 28.1 Å². The Morgan fingerprint density at radius 1 is 1.17 bits per heavy atom. The minimum atomic E-state index is 0.790. The normalized spacial score (nSPS) is 10.3. The van der Waals surface area contributed by atoms with Gasteiger partial charge in [-0.3, -0.25) is 0 Å². The fourth-order valence-electron chi connectivity index (χ4n) is 1.51. The SMILES string of the molecule is COc1ccc(N)c(SCc2ccc(Br)cc2)c1. The molecule has 2 rings (SSSR count). The number of hydrogen-bond donors (Lipinski definition) is 1. The zero-order valence-electron chi connectivity index (χ0n) is 10.0. The molecule has 0 aliphatic heterocycles. The maximum Gasteiger partial charge on any atom is 0.120 e. The molecule has 0 amide bonds. The average molecular weight is 324 g/mol. The molecule has 0 saturated heterocycles. The molecule has 0 saturated carbocycles. The van der Waals surface area contributed by atoms with E-state index in [1.165, 1.54) is 5.56 Å². The maximum absolute atomic E-state index is 5.95. The first-order valence-electron chi connectivity index (χ1n) is 5.50. The molecule has 0 aliphatic carbocycles. The Morgan fingerprint density at radius 2 is 1.89 bits per heavy atom. The predicted molar refractivity (Wildman–Crippen MR) is 81.1 cm³/mol. The molecule has 0 heterocycles. The van der Waals surface area contributed by atoms with Crippen LogP contribution < -0.4 is 10.5 Å². The minimum absolute atomic E-state index is 0.790. The highest BCUT2D eigenvalue weighted by molar-refractivity contribution is 9.10. The number of benzene rings is 2. The number of hydrogen-bond acceptors (Lipinski definition) is 3. The maximum atomic E-state index is 5.95. The smallest absolute Gasteiger partial charge is 0.120 e. The van der Waals surface area contributed by atoms with Crippen molar-refractivity contribution in [3.05, 3.63) is 52.5 Å². The van der Waals surface area contributed by atoms with Crippen LogP contribution in [-0.2, 0) is 5.75 Å². The van der Waals surface area contributed by atoms with Gasteiger partial charge in [0.1, 0.15) is 5.75 Å². The highest BCUT2D eigenvalue weighted by Gasteiger charge is 2.03. The van der Waals surface area contributed by atoms with Gasteiger partial charge in [0.15, 0.2) is 0 Å². The fraction of sp³-hybridized carbons (Fsp3) is 0.143. The summed E-state index contributed by atoms with van der Waals surface area (Å²) >= 11 is 5.14. The van der Waals surface area contributed by atoms with Crippen LogP contribution in [0.5, 0.6) is 5.75 Å². The highest BCUT2D eigenvalue weighted by Crippen LogP contribution is 2.31. The predicted octanol–water partition coefficient (Wildman–Crippen LogP) is 4.33. The van der Waals surface area contributed by atoms with Gasteiger partial charge in [0.05, 0.1) is 7.11 Å². The van der Waals surface area contributed by atoms with Gasteiger partial charge in [0.2, 0.25) is 0 Å². The van der Waals surface area contributed by atoms with Gasteiger partial charge in [-0.15, -0.1) is 11.8 Å². The van der Waals surface area contributed by atoms with Gasteiger partial charge >= 0.3 is 0 Å². The molecule has 0 aliphatic rings. The topological polar surface area (TPSA) is 35.2 Å². The summed E-state index contributed by atoms with van der Waals surface area (Å²) in [7, 11) is 1.66. The number of anilines is 1. The molecule has 0 radical (unpaired) electrons. The Bertz CT molecular complexity index is 528. The van der Waals surface area contributed by atoms with Gasteiger partial charge in [0.25, 0.3) is 0 Å². The Morgan fingerprint density at radius 3 is 2.56 bits per heavy atom. The monoisotopic (exact) mass is 323 g/mol. The van der Waals surface area contributed by atoms with Gasteiger partial charge in [-0.2, -0.15) is 0 Å². The molecule has 2 nitrogen and oxygen atoms in total. The first kappa shape index (κ1) is 13.3. The van der Waals surface area contributed by atoms with Crippen molar-refractivity contribution >= 4 is 33.4 Å². The van der Waals surface area contributed by atoms with Crippen LogP contribution >= 0.6 is 27.7 Å². The van der Waals surface area contributed by atoms with E-state index >= 15 is 0 Å². The Hall–Kier alpha value is -1.13. The number of methoxy groups -OCH3 is 1. The van der Waals surface area contributed by atoms with E-state index in [2.05, 4.69) is 28.1 Å². The van der Waals surface area contributed by atoms with Gasteiger partial charge in [0, 0.05) is 20.8 Å². The van der Waals surface area contributed by atoms with Crippen molar-refractivity contribution in [1.29, 1.82) is 0 Å². The second-order valence-electron chi connectivity index (χ2n) is 3.82. The zero-order valence-corrected chi connectivity index (χ0v) is 12.4. The Balaban J connectivity index is 2.07. The van der Waals surface area contributed by atoms with Crippen LogP contribution in [0.3, 0.4) is 0 Å². The third-order valence-electron chi connectivity index (χ3n) is 2.53. The lowest BCUT2D eigenvalue weighted by Crippen LogP contribution is -1.91. The van der Waals surface area contributed by atoms with Crippen molar-refractivity contribution in [1.82, 2.24) is 0 Å². The Labute approximate surface area is 120 Å². The number of halogens is 1. The van der Waals surface area contributed by atoms with Crippen LogP contribution in [0.1, 0.15) is 5.56 Å². The second-order valence-corrected chi connectivity index (χ2v) is 5.75. The third-order valence-corrected chi connectivity index (χ3v) is 4.20. The van der Waals surface area contributed by atoms with Crippen LogP contribution in [0.2, 0.25) is 0 Å². The van der Waals surface area contributed by atoms with Crippen molar-refractivity contribution in [2.45, 2.75) is 10.6 Å². The van der Waals surface area contributed by atoms with E-state index in [1.54, 1.807) is 18.9 Å². The molecule has 18 heavy (non-hydrogen) atoms. The molecular weight excluding hydrogens is 310 g/mol. The van der Waals surface area contributed by atoms with Crippen molar-refractivity contribution in [2.75, 3.05) is 12.8 Å². The molecule has 94 valence electrons. The van der Waals surface area contributed by atoms with E-state index in [4.69, 9.17) is 10.5 Å². The number of nitrogens with two attached hydrogens (primary N) is 1. The van der Waals surface area contributed by atoms with Crippen LogP contribution in [-0.4, -0.2) is 7.11 Å². The van der Waals surface area contributed by atoms with E-state index < -0.39 is 0 Å². The second kappa shape index (κ2) is 6.16. The van der Waals surface area contributed by atoms with E-state index in [0.717, 1.165) is 26.6 Å². The summed E-state index contributed by atoms with van der Waals surface area (Å²) in [6.07, 6.45) is 0. The molecule has 2 aromatic carbocycles. The lowest BCUT2D eigenvalue weighted by Gasteiger charge is -2.08. The van der Waals surface area contributed by atoms with Gasteiger partial charge < -0.3 is 10.5 Å². The molecule has 2 N–H and O–H groups in total. The van der Waals surface area contributed by atoms with Crippen LogP contribution in [0.25, 0.3) is 0 Å². The molecular formula is C14H14BrNOS. The molecule has 0 fully saturated rings. The first-order chi connectivity index (χ1) is 8.69. The summed E-state index contributed by atoms with van der Waals surface area (Å²) in [5.41, 5.74) is 8.01. The minimum Gasteiger partial charge on any atom is -0.497 e. The molecule has 0 aromatic heterocycles. The fourth-order valence-corrected chi connectivity index (χ4v) is 2.72. The summed E-state index contributed by atoms with van der Waals surface area (Å²) in [5.74, 6) is 1.73. The number of nitrogen functional groups attached to an aromatic ring is 1. The molecule has 4 heteroatoms. The number of thioether (sulfide) groups is 1. The zero-order chi connectivity index (χ0) is 13.0. The van der Waals surface area contributed by atoms with Crippen LogP contribution in [0, 0.1) is 0 Å². The molecule has 0 atom stereocenters. The van der Waals surface area contributed by atoms with E-state index in [0.29, 0.717) is 0 Å². The lowest BCUT2D eigenvalue weighted by molar-refractivity contribution is 0.414. The molecule has 0 spiro atoms. The standard InChI is InChI=1S/C14H14BrNOS/c1-17-12-6-7-13(16)14(8-12)18-9-10-2-4-11(15)5-3-10/h2-8H,9,16H2,1H3. The van der Waals surface area contributed by atoms with E-state index in [-0.39, 0.29) is 0 Å². The van der Waals surface area contributed by atoms with E-state index in [1.807, 2.05) is 30.3 Å². The quantitative estimate of drug-likeness (QED) is 0.671. The summed E-state index contributed by atoms with van der Waals surface area (Å²) in [5, 5.41) is 0. The van der Waals surface area contributed by atoms with Crippen molar-refractivity contribution in [3.8, 4) is 5.75 Å². The summed E-state index contributed by atoms with van der Waals surface area (Å²) in [6.45, 7) is 0. The summed E-state index contributed by atoms with van der Waals surface area (Å²) in [4.78, 5) is 1.05. The van der Waals surface area contributed by atoms with Crippen molar-refractivity contribution in [3.63, 3.8) is 0 Å². The first-order valence-corrected chi connectivity index (χ1v) is 7.27. The van der Waals surface area contributed by atoms with Gasteiger partial charge in [-0.25, -0.2) is 0 Å². The number of rotatable bonds is 4. The highest BCUT2D eigenvalue weighted by atomic mass is 79.9. The van der Waals surface area contributed by atoms with Gasteiger partial charge in [-0.05, 0) is 35.9 Å². The van der Waals surface area contributed by atoms with Crippen molar-refractivity contribution < 1.29 is 4.74 Å². The van der Waals surface area contributed by atoms with Crippen LogP contribution in [0.4, 0.5) is 5.69 Å². The summed E-state index contributed by atoms with van der Waals surface area (Å²) < 4.78 is 6.30. The molecule has 0 unspecified atom stereocenters. The summed E-state index contributed by atoms with van der Waals surface area (Å²) in [6, 6.07) is 14.0. The lowest BCUT2D eigenvalue weighted by atomic mass is 10.2. The number of ether oxygens (including phenoxy) is 1. The molecule has 0 bridgehead atoms. The van der Waals surface area contributed by atoms with Crippen LogP contribution in [0.15, 0.2) is 51.8 Å².